The molecular weight excluding hydrogens is 200 g/mol. The standard InChI is InChI=1S/C11H13ClS/c1-5-6-8-7-9(11(2,3)4)13-10(8)12/h7H,1-4H3. The molecular formula is C11H13ClS. The van der Waals surface area contributed by atoms with Crippen LogP contribution in [0.15, 0.2) is 6.07 Å². The van der Waals surface area contributed by atoms with E-state index in [-0.39, 0.29) is 5.41 Å². The molecule has 13 heavy (non-hydrogen) atoms. The first kappa shape index (κ1) is 10.6. The van der Waals surface area contributed by atoms with Gasteiger partial charge < -0.3 is 0 Å². The number of hydrogen-bond donors (Lipinski definition) is 0. The monoisotopic (exact) mass is 212 g/mol. The fourth-order valence-corrected chi connectivity index (χ4v) is 2.21. The molecule has 1 rings (SSSR count). The van der Waals surface area contributed by atoms with Crippen molar-refractivity contribution in [3.8, 4) is 11.8 Å². The average molecular weight is 213 g/mol. The van der Waals surface area contributed by atoms with Crippen LogP contribution in [0.4, 0.5) is 0 Å². The molecule has 0 nitrogen and oxygen atoms in total. The van der Waals surface area contributed by atoms with Crippen molar-refractivity contribution in [2.45, 2.75) is 33.1 Å². The van der Waals surface area contributed by atoms with Gasteiger partial charge in [0.25, 0.3) is 0 Å². The van der Waals surface area contributed by atoms with Crippen LogP contribution in [-0.2, 0) is 5.41 Å². The Balaban J connectivity index is 3.14. The van der Waals surface area contributed by atoms with Crippen molar-refractivity contribution in [2.24, 2.45) is 0 Å². The second-order valence-electron chi connectivity index (χ2n) is 3.92. The van der Waals surface area contributed by atoms with Crippen molar-refractivity contribution in [3.63, 3.8) is 0 Å². The van der Waals surface area contributed by atoms with E-state index in [4.69, 9.17) is 11.6 Å². The van der Waals surface area contributed by atoms with E-state index in [1.165, 1.54) is 4.88 Å². The topological polar surface area (TPSA) is 0 Å². The zero-order valence-electron chi connectivity index (χ0n) is 8.36. The van der Waals surface area contributed by atoms with Gasteiger partial charge in [-0.2, -0.15) is 0 Å². The molecule has 0 radical (unpaired) electrons. The second kappa shape index (κ2) is 3.74. The van der Waals surface area contributed by atoms with E-state index in [1.807, 2.05) is 6.92 Å². The van der Waals surface area contributed by atoms with Crippen molar-refractivity contribution in [3.05, 3.63) is 20.8 Å². The molecule has 0 bridgehead atoms. The van der Waals surface area contributed by atoms with E-state index in [1.54, 1.807) is 11.3 Å². The van der Waals surface area contributed by atoms with Crippen LogP contribution in [0.5, 0.6) is 0 Å². The Bertz CT molecular complexity index is 358. The SMILES string of the molecule is CC#Cc1cc(C(C)(C)C)sc1Cl. The first-order chi connectivity index (χ1) is 5.95. The van der Waals surface area contributed by atoms with Crippen LogP contribution in [0.1, 0.15) is 38.1 Å². The van der Waals surface area contributed by atoms with Crippen LogP contribution < -0.4 is 0 Å². The molecule has 1 aromatic heterocycles. The minimum atomic E-state index is 0.169. The van der Waals surface area contributed by atoms with Gasteiger partial charge in [0.05, 0.1) is 5.56 Å². The third kappa shape index (κ3) is 2.49. The Morgan fingerprint density at radius 3 is 2.38 bits per heavy atom. The molecule has 1 heterocycles. The van der Waals surface area contributed by atoms with E-state index in [0.29, 0.717) is 0 Å². The summed E-state index contributed by atoms with van der Waals surface area (Å²) in [6.45, 7) is 8.36. The first-order valence-electron chi connectivity index (χ1n) is 4.17. The minimum absolute atomic E-state index is 0.169. The second-order valence-corrected chi connectivity index (χ2v) is 5.58. The molecule has 0 fully saturated rings. The van der Waals surface area contributed by atoms with Crippen molar-refractivity contribution in [1.29, 1.82) is 0 Å². The van der Waals surface area contributed by atoms with Crippen LogP contribution >= 0.6 is 22.9 Å². The van der Waals surface area contributed by atoms with Crippen LogP contribution in [0.2, 0.25) is 4.34 Å². The predicted molar refractivity (Wildman–Crippen MR) is 60.6 cm³/mol. The predicted octanol–water partition coefficient (Wildman–Crippen LogP) is 4.07. The van der Waals surface area contributed by atoms with E-state index in [0.717, 1.165) is 9.90 Å². The van der Waals surface area contributed by atoms with E-state index in [9.17, 15) is 0 Å². The highest BCUT2D eigenvalue weighted by Crippen LogP contribution is 2.34. The quantitative estimate of drug-likeness (QED) is 0.569. The van der Waals surface area contributed by atoms with Gasteiger partial charge in [0, 0.05) is 4.88 Å². The molecule has 0 spiro atoms. The minimum Gasteiger partial charge on any atom is -0.127 e. The summed E-state index contributed by atoms with van der Waals surface area (Å²) < 4.78 is 0.805. The van der Waals surface area contributed by atoms with Crippen molar-refractivity contribution >= 4 is 22.9 Å². The first-order valence-corrected chi connectivity index (χ1v) is 5.37. The van der Waals surface area contributed by atoms with Crippen LogP contribution in [0.25, 0.3) is 0 Å². The molecule has 0 saturated carbocycles. The largest absolute Gasteiger partial charge is 0.127 e. The van der Waals surface area contributed by atoms with Crippen molar-refractivity contribution < 1.29 is 0 Å². The summed E-state index contributed by atoms with van der Waals surface area (Å²) in [4.78, 5) is 1.29. The Labute approximate surface area is 88.9 Å². The molecule has 0 saturated heterocycles. The van der Waals surface area contributed by atoms with Gasteiger partial charge in [0.1, 0.15) is 4.34 Å². The van der Waals surface area contributed by atoms with Crippen molar-refractivity contribution in [1.82, 2.24) is 0 Å². The van der Waals surface area contributed by atoms with Gasteiger partial charge >= 0.3 is 0 Å². The van der Waals surface area contributed by atoms with E-state index >= 15 is 0 Å². The Hall–Kier alpha value is -0.450. The molecule has 1 aromatic rings. The third-order valence-corrected chi connectivity index (χ3v) is 3.47. The Morgan fingerprint density at radius 2 is 2.00 bits per heavy atom. The van der Waals surface area contributed by atoms with Gasteiger partial charge in [0.2, 0.25) is 0 Å². The van der Waals surface area contributed by atoms with Gasteiger partial charge in [0.15, 0.2) is 0 Å². The summed E-state index contributed by atoms with van der Waals surface area (Å²) >= 11 is 7.67. The van der Waals surface area contributed by atoms with Gasteiger partial charge in [-0.05, 0) is 18.4 Å². The summed E-state index contributed by atoms with van der Waals surface area (Å²) in [6.07, 6.45) is 0. The number of hydrogen-bond acceptors (Lipinski definition) is 1. The molecule has 0 amide bonds. The molecule has 0 atom stereocenters. The molecule has 0 aromatic carbocycles. The van der Waals surface area contributed by atoms with Crippen LogP contribution in [0.3, 0.4) is 0 Å². The maximum atomic E-state index is 6.05. The lowest BCUT2D eigenvalue weighted by molar-refractivity contribution is 0.604. The van der Waals surface area contributed by atoms with Gasteiger partial charge in [-0.1, -0.05) is 38.3 Å². The van der Waals surface area contributed by atoms with Crippen molar-refractivity contribution in [2.75, 3.05) is 0 Å². The van der Waals surface area contributed by atoms with Gasteiger partial charge in [-0.15, -0.1) is 17.3 Å². The Kier molecular flexibility index (Phi) is 3.05. The highest BCUT2D eigenvalue weighted by Gasteiger charge is 2.17. The number of rotatable bonds is 0. The van der Waals surface area contributed by atoms with Crippen LogP contribution in [-0.4, -0.2) is 0 Å². The molecule has 0 aliphatic carbocycles. The average Bonchev–Trinajstić information content (AvgIpc) is 2.32. The molecule has 70 valence electrons. The number of halogens is 1. The molecule has 0 aliphatic heterocycles. The molecule has 0 N–H and O–H groups in total. The lowest BCUT2D eigenvalue weighted by atomic mass is 9.94. The zero-order valence-corrected chi connectivity index (χ0v) is 9.94. The Morgan fingerprint density at radius 1 is 1.38 bits per heavy atom. The molecule has 0 aliphatic rings. The van der Waals surface area contributed by atoms with Gasteiger partial charge in [-0.25, -0.2) is 0 Å². The maximum Gasteiger partial charge on any atom is 0.109 e. The van der Waals surface area contributed by atoms with Crippen LogP contribution in [0, 0.1) is 11.8 Å². The molecule has 2 heteroatoms. The lowest BCUT2D eigenvalue weighted by Crippen LogP contribution is -2.07. The number of thiophene rings is 1. The fourth-order valence-electron chi connectivity index (χ4n) is 0.958. The highest BCUT2D eigenvalue weighted by atomic mass is 35.5. The summed E-state index contributed by atoms with van der Waals surface area (Å²) in [7, 11) is 0. The summed E-state index contributed by atoms with van der Waals surface area (Å²) in [5.74, 6) is 5.86. The van der Waals surface area contributed by atoms with E-state index < -0.39 is 0 Å². The summed E-state index contributed by atoms with van der Waals surface area (Å²) in [6, 6.07) is 2.09. The highest BCUT2D eigenvalue weighted by molar-refractivity contribution is 7.16. The fraction of sp³-hybridized carbons (Fsp3) is 0.455. The summed E-state index contributed by atoms with van der Waals surface area (Å²) in [5.41, 5.74) is 1.13. The summed E-state index contributed by atoms with van der Waals surface area (Å²) in [5, 5.41) is 0. The maximum absolute atomic E-state index is 6.05. The molecule has 0 unspecified atom stereocenters. The van der Waals surface area contributed by atoms with Gasteiger partial charge in [-0.3, -0.25) is 0 Å². The smallest absolute Gasteiger partial charge is 0.109 e. The normalized spacial score (nSPS) is 10.8. The third-order valence-electron chi connectivity index (χ3n) is 1.69. The van der Waals surface area contributed by atoms with E-state index in [2.05, 4.69) is 38.7 Å². The zero-order chi connectivity index (χ0) is 10.1. The lowest BCUT2D eigenvalue weighted by Gasteiger charge is -2.14.